The molecule has 2 aliphatic rings. The zero-order valence-corrected chi connectivity index (χ0v) is 26.5. The van der Waals surface area contributed by atoms with Crippen LogP contribution < -0.4 is 16.2 Å². The summed E-state index contributed by atoms with van der Waals surface area (Å²) in [5, 5.41) is 0. The highest BCUT2D eigenvalue weighted by Crippen LogP contribution is 2.62. The highest BCUT2D eigenvalue weighted by atomic mass is 16.5. The van der Waals surface area contributed by atoms with E-state index in [0.29, 0.717) is 11.4 Å². The number of hydrogen-bond acceptors (Lipinski definition) is 4. The Hall–Kier alpha value is -6.59. The first kappa shape index (κ1) is 27.5. The number of nitrogens with two attached hydrogens (primary N) is 2. The lowest BCUT2D eigenvalue weighted by Gasteiger charge is -2.39. The van der Waals surface area contributed by atoms with Gasteiger partial charge in [-0.2, -0.15) is 0 Å². The number of nitrogen functional groups attached to an aromatic ring is 2. The predicted octanol–water partition coefficient (Wildman–Crippen LogP) is 9.99. The van der Waals surface area contributed by atoms with Crippen molar-refractivity contribution in [3.8, 4) is 50.8 Å². The van der Waals surface area contributed by atoms with Crippen LogP contribution in [0.1, 0.15) is 22.3 Å². The van der Waals surface area contributed by atoms with Gasteiger partial charge in [0.25, 0.3) is 0 Å². The Balaban J connectivity index is 1.29. The Morgan fingerprint density at radius 1 is 0.490 bits per heavy atom. The molecule has 232 valence electrons. The smallest absolute Gasteiger partial charge is 0.145 e. The molecule has 7 aromatic carbocycles. The Labute approximate surface area is 283 Å². The summed E-state index contributed by atoms with van der Waals surface area (Å²) >= 11 is 0. The quantitative estimate of drug-likeness (QED) is 0.191. The molecule has 49 heavy (non-hydrogen) atoms. The van der Waals surface area contributed by atoms with Crippen LogP contribution in [0.4, 0.5) is 11.4 Å². The molecule has 0 bridgehead atoms. The second kappa shape index (κ2) is 10.2. The maximum atomic E-state index is 6.70. The molecule has 2 heterocycles. The summed E-state index contributed by atoms with van der Waals surface area (Å²) in [6.45, 7) is 0. The van der Waals surface area contributed by atoms with Gasteiger partial charge in [0, 0.05) is 33.8 Å². The van der Waals surface area contributed by atoms with Crippen molar-refractivity contribution in [2.24, 2.45) is 0 Å². The topological polar surface area (TPSA) is 79.1 Å². The van der Waals surface area contributed by atoms with Gasteiger partial charge in [-0.1, -0.05) is 91.0 Å². The number of aromatic nitrogens is 2. The van der Waals surface area contributed by atoms with Crippen LogP contribution in [0.3, 0.4) is 0 Å². The van der Waals surface area contributed by atoms with Crippen LogP contribution in [0, 0.1) is 0 Å². The Morgan fingerprint density at radius 3 is 2.00 bits per heavy atom. The van der Waals surface area contributed by atoms with E-state index in [1.54, 1.807) is 6.07 Å². The predicted molar refractivity (Wildman–Crippen MR) is 198 cm³/mol. The van der Waals surface area contributed by atoms with Crippen LogP contribution in [0.15, 0.2) is 158 Å². The normalized spacial score (nSPS) is 15.3. The van der Waals surface area contributed by atoms with E-state index in [0.717, 1.165) is 61.9 Å². The second-order valence-corrected chi connectivity index (χ2v) is 12.8. The molecule has 1 aromatic heterocycles. The fourth-order valence-corrected chi connectivity index (χ4v) is 8.12. The monoisotopic (exact) mass is 630 g/mol. The maximum absolute atomic E-state index is 6.70. The van der Waals surface area contributed by atoms with Gasteiger partial charge in [-0.05, 0) is 100 Å². The number of ether oxygens (including phenoxy) is 1. The zero-order valence-electron chi connectivity index (χ0n) is 26.5. The summed E-state index contributed by atoms with van der Waals surface area (Å²) in [6, 6.07) is 55.0. The summed E-state index contributed by atoms with van der Waals surface area (Å²) in [5.41, 5.74) is 26.3. The fraction of sp³-hybridized carbons (Fsp3) is 0.0227. The largest absolute Gasteiger partial charge is 0.457 e. The van der Waals surface area contributed by atoms with E-state index in [1.165, 1.54) is 22.3 Å². The Morgan fingerprint density at radius 2 is 1.14 bits per heavy atom. The molecule has 1 aliphatic heterocycles. The number of fused-ring (bicyclic) bond motifs is 10. The van der Waals surface area contributed by atoms with Crippen LogP contribution in [0.25, 0.3) is 50.4 Å². The minimum atomic E-state index is -0.655. The number of anilines is 2. The Kier molecular flexibility index (Phi) is 5.73. The molecule has 0 saturated carbocycles. The van der Waals surface area contributed by atoms with Crippen LogP contribution in [0.2, 0.25) is 0 Å². The summed E-state index contributed by atoms with van der Waals surface area (Å²) in [6.07, 6.45) is 0. The van der Waals surface area contributed by atoms with Gasteiger partial charge < -0.3 is 16.2 Å². The van der Waals surface area contributed by atoms with E-state index in [1.807, 2.05) is 30.3 Å². The van der Waals surface area contributed by atoms with E-state index in [-0.39, 0.29) is 0 Å². The van der Waals surface area contributed by atoms with Crippen LogP contribution in [-0.2, 0) is 5.41 Å². The van der Waals surface area contributed by atoms with Crippen molar-refractivity contribution in [2.75, 3.05) is 11.5 Å². The van der Waals surface area contributed by atoms with E-state index < -0.39 is 5.41 Å². The molecule has 1 unspecified atom stereocenters. The molecule has 8 aromatic rings. The van der Waals surface area contributed by atoms with Gasteiger partial charge in [-0.25, -0.2) is 4.98 Å². The van der Waals surface area contributed by atoms with Crippen molar-refractivity contribution in [1.29, 1.82) is 0 Å². The van der Waals surface area contributed by atoms with Crippen molar-refractivity contribution in [3.63, 3.8) is 0 Å². The standard InChI is InChI=1S/C44H30N4O/c45-30-22-29(23-31(46)26-30)27-19-21-42-38(24-27)44(36-14-6-9-17-41(36)49-42)35-13-5-4-12-33(35)34-20-18-28(25-37(34)44)43-47-39-15-7-8-16-40(39)48(43)32-10-2-1-3-11-32/h1-26H,45-46H2. The summed E-state index contributed by atoms with van der Waals surface area (Å²) < 4.78 is 8.96. The van der Waals surface area contributed by atoms with Crippen LogP contribution in [-0.4, -0.2) is 9.55 Å². The molecule has 1 atom stereocenters. The van der Waals surface area contributed by atoms with Crippen molar-refractivity contribution in [1.82, 2.24) is 9.55 Å². The van der Waals surface area contributed by atoms with E-state index in [4.69, 9.17) is 21.2 Å². The van der Waals surface area contributed by atoms with Gasteiger partial charge >= 0.3 is 0 Å². The van der Waals surface area contributed by atoms with Crippen molar-refractivity contribution in [3.05, 3.63) is 180 Å². The van der Waals surface area contributed by atoms with E-state index in [9.17, 15) is 0 Å². The fourth-order valence-electron chi connectivity index (χ4n) is 8.12. The molecule has 5 nitrogen and oxygen atoms in total. The molecule has 1 aliphatic carbocycles. The van der Waals surface area contributed by atoms with Crippen molar-refractivity contribution >= 4 is 22.4 Å². The number of benzene rings is 7. The molecule has 4 N–H and O–H groups in total. The molecule has 0 radical (unpaired) electrons. The third-order valence-corrected chi connectivity index (χ3v) is 10.1. The van der Waals surface area contributed by atoms with Gasteiger partial charge in [-0.3, -0.25) is 4.57 Å². The first-order valence-electron chi connectivity index (χ1n) is 16.5. The molecule has 0 amide bonds. The first-order chi connectivity index (χ1) is 24.1. The SMILES string of the molecule is Nc1cc(N)cc(-c2ccc3c(c2)C2(c4ccccc4O3)c3ccccc3-c3ccc(-c4nc5ccccc5n4-c4ccccc4)cc32)c1. The number of rotatable bonds is 3. The third-order valence-electron chi connectivity index (χ3n) is 10.1. The molecule has 0 fully saturated rings. The van der Waals surface area contributed by atoms with Gasteiger partial charge in [-0.15, -0.1) is 0 Å². The van der Waals surface area contributed by atoms with Gasteiger partial charge in [0.2, 0.25) is 0 Å². The number of hydrogen-bond donors (Lipinski definition) is 2. The summed E-state index contributed by atoms with van der Waals surface area (Å²) in [7, 11) is 0. The highest BCUT2D eigenvalue weighted by molar-refractivity contribution is 5.92. The molecular weight excluding hydrogens is 601 g/mol. The number of nitrogens with zero attached hydrogens (tertiary/aromatic N) is 2. The summed E-state index contributed by atoms with van der Waals surface area (Å²) in [5.74, 6) is 2.57. The van der Waals surface area contributed by atoms with Crippen molar-refractivity contribution in [2.45, 2.75) is 5.41 Å². The number of para-hydroxylation sites is 4. The molecule has 5 heteroatoms. The molecule has 1 spiro atoms. The third kappa shape index (κ3) is 3.90. The lowest BCUT2D eigenvalue weighted by molar-refractivity contribution is 0.436. The Bertz CT molecular complexity index is 2600. The zero-order chi connectivity index (χ0) is 32.7. The lowest BCUT2D eigenvalue weighted by Crippen LogP contribution is -2.32. The first-order valence-corrected chi connectivity index (χ1v) is 16.5. The number of imidazole rings is 1. The van der Waals surface area contributed by atoms with Gasteiger partial charge in [0.1, 0.15) is 17.3 Å². The van der Waals surface area contributed by atoms with Gasteiger partial charge in [0.05, 0.1) is 16.4 Å². The lowest BCUT2D eigenvalue weighted by atomic mass is 9.65. The average Bonchev–Trinajstić information content (AvgIpc) is 3.66. The van der Waals surface area contributed by atoms with Crippen LogP contribution >= 0.6 is 0 Å². The van der Waals surface area contributed by atoms with Crippen LogP contribution in [0.5, 0.6) is 11.5 Å². The molecular formula is C44H30N4O. The maximum Gasteiger partial charge on any atom is 0.145 e. The second-order valence-electron chi connectivity index (χ2n) is 12.8. The van der Waals surface area contributed by atoms with E-state index >= 15 is 0 Å². The minimum Gasteiger partial charge on any atom is -0.457 e. The van der Waals surface area contributed by atoms with E-state index in [2.05, 4.69) is 126 Å². The molecule has 10 rings (SSSR count). The molecule has 0 saturated heterocycles. The summed E-state index contributed by atoms with van der Waals surface area (Å²) in [4.78, 5) is 5.24. The van der Waals surface area contributed by atoms with Gasteiger partial charge in [0.15, 0.2) is 0 Å². The van der Waals surface area contributed by atoms with Crippen molar-refractivity contribution < 1.29 is 4.74 Å². The highest BCUT2D eigenvalue weighted by Gasteiger charge is 2.51. The average molecular weight is 631 g/mol. The minimum absolute atomic E-state index is 0.631.